The Kier molecular flexibility index (Phi) is 5.31. The Morgan fingerprint density at radius 2 is 1.74 bits per heavy atom. The first-order valence-corrected chi connectivity index (χ1v) is 6.33. The average Bonchev–Trinajstić information content (AvgIpc) is 2.41. The van der Waals surface area contributed by atoms with Crippen LogP contribution in [0.3, 0.4) is 0 Å². The van der Waals surface area contributed by atoms with E-state index in [9.17, 15) is 9.50 Å². The summed E-state index contributed by atoms with van der Waals surface area (Å²) in [7, 11) is 0. The van der Waals surface area contributed by atoms with E-state index in [2.05, 4.69) is 6.58 Å². The summed E-state index contributed by atoms with van der Waals surface area (Å²) in [5, 5.41) is 9.35. The van der Waals surface area contributed by atoms with Crippen molar-refractivity contribution in [3.8, 4) is 11.1 Å². The van der Waals surface area contributed by atoms with Gasteiger partial charge < -0.3 is 5.11 Å². The third-order valence-corrected chi connectivity index (χ3v) is 2.72. The standard InChI is InChI=1S/C15H13FO.C2H6/c1-10-9-12(7-8-13(10)11(2)17)14-5-3-4-6-15(14)16;1-2/h3-9,17H,2H2,1H3;1-2H3. The van der Waals surface area contributed by atoms with Crippen LogP contribution in [0.2, 0.25) is 0 Å². The second-order valence-electron chi connectivity index (χ2n) is 3.96. The van der Waals surface area contributed by atoms with E-state index in [0.29, 0.717) is 11.1 Å². The number of rotatable bonds is 2. The quantitative estimate of drug-likeness (QED) is 0.719. The van der Waals surface area contributed by atoms with Crippen LogP contribution in [0, 0.1) is 12.7 Å². The summed E-state index contributed by atoms with van der Waals surface area (Å²) in [6.45, 7) is 9.35. The number of aryl methyl sites for hydroxylation is 1. The molecule has 0 saturated carbocycles. The normalized spacial score (nSPS) is 9.47. The highest BCUT2D eigenvalue weighted by molar-refractivity contribution is 5.69. The molecule has 0 fully saturated rings. The van der Waals surface area contributed by atoms with Gasteiger partial charge in [0, 0.05) is 11.1 Å². The molecule has 0 aliphatic heterocycles. The van der Waals surface area contributed by atoms with Crippen LogP contribution in [0.1, 0.15) is 25.0 Å². The lowest BCUT2D eigenvalue weighted by Gasteiger charge is -2.08. The van der Waals surface area contributed by atoms with Crippen LogP contribution in [0.5, 0.6) is 0 Å². The largest absolute Gasteiger partial charge is 0.508 e. The second-order valence-corrected chi connectivity index (χ2v) is 3.96. The van der Waals surface area contributed by atoms with Crippen LogP contribution in [0.4, 0.5) is 4.39 Å². The molecule has 0 aliphatic rings. The van der Waals surface area contributed by atoms with Crippen molar-refractivity contribution >= 4 is 5.76 Å². The van der Waals surface area contributed by atoms with E-state index >= 15 is 0 Å². The predicted molar refractivity (Wildman–Crippen MR) is 79.6 cm³/mol. The third-order valence-electron chi connectivity index (χ3n) is 2.72. The maximum atomic E-state index is 13.6. The molecular formula is C17H19FO. The van der Waals surface area contributed by atoms with Crippen LogP contribution in [-0.2, 0) is 0 Å². The lowest BCUT2D eigenvalue weighted by Crippen LogP contribution is -1.89. The van der Waals surface area contributed by atoms with Crippen LogP contribution in [0.25, 0.3) is 16.9 Å². The summed E-state index contributed by atoms with van der Waals surface area (Å²) in [6, 6.07) is 12.0. The van der Waals surface area contributed by atoms with Gasteiger partial charge in [-0.05, 0) is 24.1 Å². The summed E-state index contributed by atoms with van der Waals surface area (Å²) in [6.07, 6.45) is 0. The van der Waals surface area contributed by atoms with Crippen LogP contribution in [-0.4, -0.2) is 5.11 Å². The van der Waals surface area contributed by atoms with Gasteiger partial charge in [0.2, 0.25) is 0 Å². The highest BCUT2D eigenvalue weighted by atomic mass is 19.1. The smallest absolute Gasteiger partial charge is 0.131 e. The Balaban J connectivity index is 0.000000861. The fraction of sp³-hybridized carbons (Fsp3) is 0.176. The van der Waals surface area contributed by atoms with E-state index in [1.165, 1.54) is 6.07 Å². The number of hydrogen-bond donors (Lipinski definition) is 1. The Bertz CT molecular complexity index is 573. The summed E-state index contributed by atoms with van der Waals surface area (Å²) < 4.78 is 13.6. The SMILES string of the molecule is C=C(O)c1ccc(-c2ccccc2F)cc1C.CC. The van der Waals surface area contributed by atoms with Crippen LogP contribution in [0.15, 0.2) is 49.0 Å². The third kappa shape index (κ3) is 3.44. The first-order valence-electron chi connectivity index (χ1n) is 6.33. The molecule has 2 rings (SSSR count). The number of halogens is 1. The predicted octanol–water partition coefficient (Wildman–Crippen LogP) is 5.36. The molecule has 0 bridgehead atoms. The minimum atomic E-state index is -0.248. The van der Waals surface area contributed by atoms with E-state index in [1.54, 1.807) is 30.3 Å². The maximum Gasteiger partial charge on any atom is 0.131 e. The Morgan fingerprint density at radius 1 is 1.11 bits per heavy atom. The van der Waals surface area contributed by atoms with E-state index in [0.717, 1.165) is 11.1 Å². The van der Waals surface area contributed by atoms with Gasteiger partial charge >= 0.3 is 0 Å². The van der Waals surface area contributed by atoms with Gasteiger partial charge in [0.25, 0.3) is 0 Å². The first kappa shape index (κ1) is 15.0. The van der Waals surface area contributed by atoms with Crippen LogP contribution < -0.4 is 0 Å². The minimum Gasteiger partial charge on any atom is -0.508 e. The molecule has 1 N–H and O–H groups in total. The van der Waals surface area contributed by atoms with Gasteiger partial charge in [0.1, 0.15) is 11.6 Å². The summed E-state index contributed by atoms with van der Waals surface area (Å²) in [5.74, 6) is -0.218. The van der Waals surface area contributed by atoms with E-state index in [-0.39, 0.29) is 11.6 Å². The highest BCUT2D eigenvalue weighted by Gasteiger charge is 2.07. The van der Waals surface area contributed by atoms with Gasteiger partial charge in [0.15, 0.2) is 0 Å². The van der Waals surface area contributed by atoms with Crippen molar-refractivity contribution in [1.29, 1.82) is 0 Å². The molecule has 100 valence electrons. The number of hydrogen-bond acceptors (Lipinski definition) is 1. The van der Waals surface area contributed by atoms with Crippen molar-refractivity contribution in [2.75, 3.05) is 0 Å². The zero-order chi connectivity index (χ0) is 14.4. The van der Waals surface area contributed by atoms with Gasteiger partial charge in [-0.15, -0.1) is 0 Å². The highest BCUT2D eigenvalue weighted by Crippen LogP contribution is 2.26. The molecule has 0 amide bonds. The number of benzene rings is 2. The van der Waals surface area contributed by atoms with Crippen LogP contribution >= 0.6 is 0 Å². The molecule has 0 saturated heterocycles. The molecule has 19 heavy (non-hydrogen) atoms. The van der Waals surface area contributed by atoms with Gasteiger partial charge in [-0.1, -0.05) is 56.8 Å². The molecule has 2 aromatic rings. The van der Waals surface area contributed by atoms with E-state index < -0.39 is 0 Å². The van der Waals surface area contributed by atoms with Crippen molar-refractivity contribution in [3.05, 3.63) is 66.0 Å². The zero-order valence-electron chi connectivity index (χ0n) is 11.6. The fourth-order valence-electron chi connectivity index (χ4n) is 1.85. The molecule has 2 heteroatoms. The summed E-state index contributed by atoms with van der Waals surface area (Å²) >= 11 is 0. The molecule has 0 spiro atoms. The lowest BCUT2D eigenvalue weighted by atomic mass is 9.99. The molecule has 0 aromatic heterocycles. The molecule has 0 radical (unpaired) electrons. The van der Waals surface area contributed by atoms with E-state index in [4.69, 9.17) is 0 Å². The van der Waals surface area contributed by atoms with Crippen molar-refractivity contribution in [1.82, 2.24) is 0 Å². The van der Waals surface area contributed by atoms with E-state index in [1.807, 2.05) is 26.8 Å². The molecule has 2 aromatic carbocycles. The molecule has 0 aliphatic carbocycles. The molecule has 1 nitrogen and oxygen atoms in total. The Morgan fingerprint density at radius 3 is 2.26 bits per heavy atom. The molecule has 0 unspecified atom stereocenters. The summed E-state index contributed by atoms with van der Waals surface area (Å²) in [5.41, 5.74) is 2.92. The average molecular weight is 258 g/mol. The molecular weight excluding hydrogens is 239 g/mol. The van der Waals surface area contributed by atoms with Gasteiger partial charge in [-0.2, -0.15) is 0 Å². The Labute approximate surface area is 114 Å². The van der Waals surface area contributed by atoms with Crippen molar-refractivity contribution in [3.63, 3.8) is 0 Å². The van der Waals surface area contributed by atoms with Crippen molar-refractivity contribution in [2.24, 2.45) is 0 Å². The molecule has 0 heterocycles. The van der Waals surface area contributed by atoms with Crippen molar-refractivity contribution in [2.45, 2.75) is 20.8 Å². The molecule has 0 atom stereocenters. The number of aliphatic hydroxyl groups excluding tert-OH is 1. The Hall–Kier alpha value is -2.09. The summed E-state index contributed by atoms with van der Waals surface area (Å²) in [4.78, 5) is 0. The maximum absolute atomic E-state index is 13.6. The van der Waals surface area contributed by atoms with Gasteiger partial charge in [-0.25, -0.2) is 4.39 Å². The number of aliphatic hydroxyl groups is 1. The lowest BCUT2D eigenvalue weighted by molar-refractivity contribution is 0.513. The second kappa shape index (κ2) is 6.74. The monoisotopic (exact) mass is 258 g/mol. The van der Waals surface area contributed by atoms with Gasteiger partial charge in [-0.3, -0.25) is 0 Å². The fourth-order valence-corrected chi connectivity index (χ4v) is 1.85. The van der Waals surface area contributed by atoms with Crippen molar-refractivity contribution < 1.29 is 9.50 Å². The van der Waals surface area contributed by atoms with Gasteiger partial charge in [0.05, 0.1) is 0 Å². The zero-order valence-corrected chi connectivity index (χ0v) is 11.6. The minimum absolute atomic E-state index is 0.0302. The topological polar surface area (TPSA) is 20.2 Å². The first-order chi connectivity index (χ1) is 9.09.